The van der Waals surface area contributed by atoms with Crippen LogP contribution in [0.3, 0.4) is 0 Å². The average Bonchev–Trinajstić information content (AvgIpc) is 3.37. The summed E-state index contributed by atoms with van der Waals surface area (Å²) < 4.78 is 4.90. The second-order valence-electron chi connectivity index (χ2n) is 8.47. The van der Waals surface area contributed by atoms with E-state index in [9.17, 15) is 14.4 Å². The first-order valence-corrected chi connectivity index (χ1v) is 11.1. The molecule has 2 aliphatic rings. The molecule has 0 saturated carbocycles. The number of hydrogen-bond acceptors (Lipinski definition) is 4. The highest BCUT2D eigenvalue weighted by Crippen LogP contribution is 2.45. The fraction of sp³-hybridized carbons (Fsp3) is 0.148. The molecule has 6 rings (SSSR count). The summed E-state index contributed by atoms with van der Waals surface area (Å²) >= 11 is 0. The number of H-pyrrole nitrogens is 1. The third-order valence-electron chi connectivity index (χ3n) is 6.71. The number of methoxy groups -OCH3 is 1. The van der Waals surface area contributed by atoms with Crippen LogP contribution in [0.4, 0.5) is 10.5 Å². The lowest BCUT2D eigenvalue weighted by Gasteiger charge is -2.36. The lowest BCUT2D eigenvalue weighted by molar-refractivity contribution is -0.120. The lowest BCUT2D eigenvalue weighted by Crippen LogP contribution is -2.44. The van der Waals surface area contributed by atoms with Crippen LogP contribution in [0.1, 0.15) is 33.2 Å². The van der Waals surface area contributed by atoms with Gasteiger partial charge in [0.15, 0.2) is 0 Å². The molecule has 34 heavy (non-hydrogen) atoms. The Morgan fingerprint density at radius 3 is 2.44 bits per heavy atom. The van der Waals surface area contributed by atoms with Crippen LogP contribution in [-0.4, -0.2) is 40.9 Å². The Morgan fingerprint density at radius 2 is 1.65 bits per heavy atom. The summed E-state index contributed by atoms with van der Waals surface area (Å²) in [6.45, 7) is 0. The van der Waals surface area contributed by atoms with Gasteiger partial charge < -0.3 is 9.72 Å². The molecule has 168 valence electrons. The standard InChI is InChI=1S/C27H21N3O4/c1-34-26(32)18-12-6-8-14-21(18)30-25(31)22-15-19-17-11-5-7-13-20(17)28-23(19)24(29(22)27(30)33)16-9-3-2-4-10-16/h2-14,22,24,28H,15H2,1H3/t22-,24-/m1/s1. The molecule has 0 aliphatic carbocycles. The number of nitrogens with one attached hydrogen (secondary N) is 1. The molecule has 4 aromatic rings. The van der Waals surface area contributed by atoms with Crippen LogP contribution in [0.15, 0.2) is 78.9 Å². The maximum absolute atomic E-state index is 13.9. The molecule has 2 atom stereocenters. The van der Waals surface area contributed by atoms with E-state index in [-0.39, 0.29) is 17.2 Å². The van der Waals surface area contributed by atoms with Crippen molar-refractivity contribution in [2.24, 2.45) is 0 Å². The Balaban J connectivity index is 1.54. The zero-order valence-corrected chi connectivity index (χ0v) is 18.4. The van der Waals surface area contributed by atoms with Crippen molar-refractivity contribution in [1.82, 2.24) is 9.88 Å². The smallest absolute Gasteiger partial charge is 0.339 e. The van der Waals surface area contributed by atoms with Crippen LogP contribution in [0.5, 0.6) is 0 Å². The van der Waals surface area contributed by atoms with Crippen LogP contribution in [-0.2, 0) is 16.0 Å². The molecule has 3 amide bonds. The predicted octanol–water partition coefficient (Wildman–Crippen LogP) is 4.44. The SMILES string of the molecule is COC(=O)c1ccccc1N1C(=O)[C@H]2Cc3c([nH]c4ccccc34)[C@@H](c3ccccc3)N2C1=O. The number of aromatic amines is 1. The fourth-order valence-corrected chi connectivity index (χ4v) is 5.23. The Labute approximate surface area is 195 Å². The normalized spacial score (nSPS) is 19.3. The van der Waals surface area contributed by atoms with Crippen molar-refractivity contribution in [1.29, 1.82) is 0 Å². The highest BCUT2D eigenvalue weighted by atomic mass is 16.5. The largest absolute Gasteiger partial charge is 0.465 e. The highest BCUT2D eigenvalue weighted by Gasteiger charge is 2.53. The number of imide groups is 1. The summed E-state index contributed by atoms with van der Waals surface area (Å²) in [5, 5.41) is 1.05. The monoisotopic (exact) mass is 451 g/mol. The van der Waals surface area contributed by atoms with Gasteiger partial charge in [-0.1, -0.05) is 60.7 Å². The Kier molecular flexibility index (Phi) is 4.52. The molecule has 1 fully saturated rings. The number of carbonyl (C=O) groups is 3. The number of carbonyl (C=O) groups excluding carboxylic acids is 3. The van der Waals surface area contributed by atoms with Crippen LogP contribution < -0.4 is 4.90 Å². The van der Waals surface area contributed by atoms with Crippen molar-refractivity contribution < 1.29 is 19.1 Å². The van der Waals surface area contributed by atoms with Gasteiger partial charge >= 0.3 is 12.0 Å². The number of aromatic nitrogens is 1. The molecular formula is C27H21N3O4. The number of rotatable bonds is 3. The maximum Gasteiger partial charge on any atom is 0.339 e. The molecule has 0 unspecified atom stereocenters. The van der Waals surface area contributed by atoms with E-state index in [0.717, 1.165) is 32.6 Å². The number of benzene rings is 3. The van der Waals surface area contributed by atoms with E-state index in [4.69, 9.17) is 4.74 Å². The summed E-state index contributed by atoms with van der Waals surface area (Å²) in [5.74, 6) is -0.949. The van der Waals surface area contributed by atoms with E-state index in [1.54, 1.807) is 29.2 Å². The molecule has 0 radical (unpaired) electrons. The van der Waals surface area contributed by atoms with E-state index in [1.165, 1.54) is 7.11 Å². The number of esters is 1. The van der Waals surface area contributed by atoms with Gasteiger partial charge in [0, 0.05) is 23.0 Å². The third-order valence-corrected chi connectivity index (χ3v) is 6.71. The van der Waals surface area contributed by atoms with E-state index < -0.39 is 24.1 Å². The Hall–Kier alpha value is -4.39. The second kappa shape index (κ2) is 7.59. The van der Waals surface area contributed by atoms with Crippen LogP contribution in [0.2, 0.25) is 0 Å². The van der Waals surface area contributed by atoms with Gasteiger partial charge in [-0.2, -0.15) is 0 Å². The van der Waals surface area contributed by atoms with Gasteiger partial charge in [-0.15, -0.1) is 0 Å². The van der Waals surface area contributed by atoms with Crippen molar-refractivity contribution in [3.63, 3.8) is 0 Å². The molecule has 7 nitrogen and oxygen atoms in total. The second-order valence-corrected chi connectivity index (χ2v) is 8.47. The number of anilines is 1. The zero-order valence-electron chi connectivity index (χ0n) is 18.4. The number of ether oxygens (including phenoxy) is 1. The number of para-hydroxylation sites is 2. The quantitative estimate of drug-likeness (QED) is 0.369. The van der Waals surface area contributed by atoms with Gasteiger partial charge in [0.25, 0.3) is 5.91 Å². The van der Waals surface area contributed by atoms with Crippen molar-refractivity contribution in [2.45, 2.75) is 18.5 Å². The molecule has 1 saturated heterocycles. The van der Waals surface area contributed by atoms with E-state index in [2.05, 4.69) is 4.98 Å². The molecule has 1 N–H and O–H groups in total. The first-order chi connectivity index (χ1) is 16.6. The van der Waals surface area contributed by atoms with Crippen LogP contribution in [0, 0.1) is 0 Å². The van der Waals surface area contributed by atoms with Gasteiger partial charge in [-0.25, -0.2) is 14.5 Å². The van der Waals surface area contributed by atoms with Crippen LogP contribution in [0.25, 0.3) is 10.9 Å². The summed E-state index contributed by atoms with van der Waals surface area (Å²) in [6.07, 6.45) is 0.393. The minimum Gasteiger partial charge on any atom is -0.465 e. The number of nitrogens with zero attached hydrogens (tertiary/aromatic N) is 2. The van der Waals surface area contributed by atoms with E-state index >= 15 is 0 Å². The van der Waals surface area contributed by atoms with Gasteiger partial charge in [-0.05, 0) is 29.3 Å². The average molecular weight is 451 g/mol. The van der Waals surface area contributed by atoms with Crippen molar-refractivity contribution in [3.05, 3.63) is 101 Å². The first-order valence-electron chi connectivity index (χ1n) is 11.1. The summed E-state index contributed by atoms with van der Waals surface area (Å²) in [7, 11) is 1.28. The topological polar surface area (TPSA) is 82.7 Å². The molecule has 7 heteroatoms. The molecule has 0 bridgehead atoms. The molecular weight excluding hydrogens is 430 g/mol. The van der Waals surface area contributed by atoms with Crippen LogP contribution >= 0.6 is 0 Å². The minimum absolute atomic E-state index is 0.173. The van der Waals surface area contributed by atoms with Crippen molar-refractivity contribution in [2.75, 3.05) is 12.0 Å². The zero-order chi connectivity index (χ0) is 23.4. The molecule has 3 aromatic carbocycles. The van der Waals surface area contributed by atoms with E-state index in [1.807, 2.05) is 54.6 Å². The number of urea groups is 1. The summed E-state index contributed by atoms with van der Waals surface area (Å²) in [5.41, 5.74) is 4.24. The van der Waals surface area contributed by atoms with Crippen molar-refractivity contribution >= 4 is 34.5 Å². The molecule has 3 heterocycles. The maximum atomic E-state index is 13.9. The lowest BCUT2D eigenvalue weighted by atomic mass is 9.89. The highest BCUT2D eigenvalue weighted by molar-refractivity contribution is 6.23. The Bertz CT molecular complexity index is 1460. The molecule has 2 aliphatic heterocycles. The summed E-state index contributed by atoms with van der Waals surface area (Å²) in [4.78, 5) is 46.3. The minimum atomic E-state index is -0.685. The number of hydrogen-bond donors (Lipinski definition) is 1. The Morgan fingerprint density at radius 1 is 0.941 bits per heavy atom. The van der Waals surface area contributed by atoms with E-state index in [0.29, 0.717) is 6.42 Å². The van der Waals surface area contributed by atoms with Gasteiger partial charge in [-0.3, -0.25) is 9.69 Å². The van der Waals surface area contributed by atoms with Gasteiger partial charge in [0.1, 0.15) is 12.1 Å². The third kappa shape index (κ3) is 2.80. The first kappa shape index (κ1) is 20.2. The fourth-order valence-electron chi connectivity index (χ4n) is 5.23. The predicted molar refractivity (Wildman–Crippen MR) is 127 cm³/mol. The molecule has 0 spiro atoms. The molecule has 1 aromatic heterocycles. The number of fused-ring (bicyclic) bond motifs is 4. The van der Waals surface area contributed by atoms with Gasteiger partial charge in [0.2, 0.25) is 0 Å². The van der Waals surface area contributed by atoms with Crippen molar-refractivity contribution in [3.8, 4) is 0 Å². The van der Waals surface area contributed by atoms with Gasteiger partial charge in [0.05, 0.1) is 18.4 Å². The number of amides is 3. The summed E-state index contributed by atoms with van der Waals surface area (Å²) in [6, 6.07) is 22.6.